The molecule has 0 heterocycles. The number of hydrogen-bond donors (Lipinski definition) is 1. The van der Waals surface area contributed by atoms with Gasteiger partial charge in [-0.2, -0.15) is 0 Å². The van der Waals surface area contributed by atoms with Crippen molar-refractivity contribution in [3.63, 3.8) is 0 Å². The molecule has 18 heavy (non-hydrogen) atoms. The molecular formula is C15H24N2O. The lowest BCUT2D eigenvalue weighted by Crippen LogP contribution is -2.41. The Bertz CT molecular complexity index is 377. The van der Waals surface area contributed by atoms with Crippen LogP contribution >= 0.6 is 0 Å². The van der Waals surface area contributed by atoms with Gasteiger partial charge < -0.3 is 10.6 Å². The molecule has 100 valence electrons. The lowest BCUT2D eigenvalue weighted by atomic mass is 9.94. The second-order valence-corrected chi connectivity index (χ2v) is 4.93. The highest BCUT2D eigenvalue weighted by Gasteiger charge is 2.26. The average Bonchev–Trinajstić information content (AvgIpc) is 2.44. The fourth-order valence-electron chi connectivity index (χ4n) is 1.93. The van der Waals surface area contributed by atoms with E-state index in [-0.39, 0.29) is 23.9 Å². The number of hydrogen-bond acceptors (Lipinski definition) is 2. The van der Waals surface area contributed by atoms with Gasteiger partial charge in [0.2, 0.25) is 5.91 Å². The van der Waals surface area contributed by atoms with E-state index < -0.39 is 0 Å². The van der Waals surface area contributed by atoms with Crippen LogP contribution in [0.4, 0.5) is 0 Å². The lowest BCUT2D eigenvalue weighted by molar-refractivity contribution is -0.136. The molecule has 0 fully saturated rings. The van der Waals surface area contributed by atoms with Crippen LogP contribution in [0, 0.1) is 5.92 Å². The third kappa shape index (κ3) is 3.33. The number of nitrogens with two attached hydrogens (primary N) is 1. The number of carbonyl (C=O) groups is 1. The Morgan fingerprint density at radius 3 is 2.33 bits per heavy atom. The molecular weight excluding hydrogens is 224 g/mol. The molecule has 0 aromatic heterocycles. The Hall–Kier alpha value is -1.35. The summed E-state index contributed by atoms with van der Waals surface area (Å²) in [7, 11) is 1.85. The average molecular weight is 248 g/mol. The van der Waals surface area contributed by atoms with Gasteiger partial charge in [-0.3, -0.25) is 4.79 Å². The number of carbonyl (C=O) groups excluding carboxylic acids is 1. The largest absolute Gasteiger partial charge is 0.343 e. The van der Waals surface area contributed by atoms with Crippen molar-refractivity contribution in [3.8, 4) is 0 Å². The molecule has 3 heteroatoms. The minimum absolute atomic E-state index is 0.112. The van der Waals surface area contributed by atoms with E-state index in [2.05, 4.69) is 13.8 Å². The molecule has 0 aliphatic heterocycles. The van der Waals surface area contributed by atoms with Gasteiger partial charge in [0.25, 0.3) is 0 Å². The maximum Gasteiger partial charge on any atom is 0.227 e. The van der Waals surface area contributed by atoms with E-state index in [1.807, 2.05) is 44.3 Å². The van der Waals surface area contributed by atoms with Crippen molar-refractivity contribution < 1.29 is 4.79 Å². The van der Waals surface area contributed by atoms with Crippen LogP contribution in [0.1, 0.15) is 38.8 Å². The first-order chi connectivity index (χ1) is 8.49. The van der Waals surface area contributed by atoms with E-state index in [1.165, 1.54) is 0 Å². The molecule has 0 spiro atoms. The fourth-order valence-corrected chi connectivity index (χ4v) is 1.93. The zero-order chi connectivity index (χ0) is 13.7. The summed E-state index contributed by atoms with van der Waals surface area (Å²) >= 11 is 0. The molecule has 0 bridgehead atoms. The summed E-state index contributed by atoms with van der Waals surface area (Å²) in [6.07, 6.45) is 0.954. The van der Waals surface area contributed by atoms with E-state index in [9.17, 15) is 4.79 Å². The molecule has 3 atom stereocenters. The third-order valence-corrected chi connectivity index (χ3v) is 3.71. The number of amides is 1. The molecule has 1 aromatic rings. The Kier molecular flexibility index (Phi) is 5.35. The Morgan fingerprint density at radius 1 is 1.28 bits per heavy atom. The molecule has 3 nitrogen and oxygen atoms in total. The zero-order valence-electron chi connectivity index (χ0n) is 11.8. The highest BCUT2D eigenvalue weighted by molar-refractivity contribution is 5.79. The first-order valence-corrected chi connectivity index (χ1v) is 6.56. The normalized spacial score (nSPS) is 15.8. The minimum atomic E-state index is -0.245. The molecule has 1 amide bonds. The summed E-state index contributed by atoms with van der Waals surface area (Å²) in [5.41, 5.74) is 7.18. The summed E-state index contributed by atoms with van der Waals surface area (Å²) in [5, 5.41) is 0. The van der Waals surface area contributed by atoms with Crippen molar-refractivity contribution in [2.24, 2.45) is 11.7 Å². The van der Waals surface area contributed by atoms with Crippen molar-refractivity contribution in [1.82, 2.24) is 4.90 Å². The molecule has 0 radical (unpaired) electrons. The van der Waals surface area contributed by atoms with Gasteiger partial charge in [0.05, 0.1) is 5.92 Å². The second kappa shape index (κ2) is 6.55. The van der Waals surface area contributed by atoms with Gasteiger partial charge in [0, 0.05) is 19.1 Å². The number of nitrogens with zero attached hydrogens (tertiary/aromatic N) is 1. The summed E-state index contributed by atoms with van der Waals surface area (Å²) in [5.74, 6) is -0.0906. The van der Waals surface area contributed by atoms with Crippen LogP contribution in [-0.2, 0) is 4.79 Å². The third-order valence-electron chi connectivity index (χ3n) is 3.71. The number of rotatable bonds is 5. The first-order valence-electron chi connectivity index (χ1n) is 6.56. The van der Waals surface area contributed by atoms with Gasteiger partial charge in [-0.05, 0) is 18.9 Å². The molecule has 0 aliphatic rings. The molecule has 3 unspecified atom stereocenters. The van der Waals surface area contributed by atoms with Gasteiger partial charge in [-0.25, -0.2) is 0 Å². The molecule has 2 N–H and O–H groups in total. The molecule has 0 saturated carbocycles. The summed E-state index contributed by atoms with van der Waals surface area (Å²) in [4.78, 5) is 14.1. The Morgan fingerprint density at radius 2 is 1.83 bits per heavy atom. The summed E-state index contributed by atoms with van der Waals surface area (Å²) in [6.45, 7) is 6.04. The predicted molar refractivity (Wildman–Crippen MR) is 75.1 cm³/mol. The minimum Gasteiger partial charge on any atom is -0.343 e. The van der Waals surface area contributed by atoms with Crippen molar-refractivity contribution >= 4 is 5.91 Å². The van der Waals surface area contributed by atoms with Gasteiger partial charge in [-0.1, -0.05) is 44.2 Å². The van der Waals surface area contributed by atoms with Crippen LogP contribution in [0.2, 0.25) is 0 Å². The monoisotopic (exact) mass is 248 g/mol. The van der Waals surface area contributed by atoms with Crippen molar-refractivity contribution in [2.75, 3.05) is 7.05 Å². The maximum atomic E-state index is 12.3. The predicted octanol–water partition coefficient (Wildman–Crippen LogP) is 2.58. The van der Waals surface area contributed by atoms with E-state index in [0.717, 1.165) is 12.0 Å². The van der Waals surface area contributed by atoms with Crippen molar-refractivity contribution in [1.29, 1.82) is 0 Å². The first kappa shape index (κ1) is 14.7. The van der Waals surface area contributed by atoms with Crippen LogP contribution in [0.25, 0.3) is 0 Å². The highest BCUT2D eigenvalue weighted by atomic mass is 16.2. The van der Waals surface area contributed by atoms with Crippen LogP contribution in [-0.4, -0.2) is 23.9 Å². The van der Waals surface area contributed by atoms with E-state index in [4.69, 9.17) is 5.73 Å². The van der Waals surface area contributed by atoms with Gasteiger partial charge in [0.1, 0.15) is 0 Å². The number of benzene rings is 1. The van der Waals surface area contributed by atoms with Crippen LogP contribution in [0.3, 0.4) is 0 Å². The molecule has 0 saturated heterocycles. The Balaban J connectivity index is 2.75. The van der Waals surface area contributed by atoms with Crippen molar-refractivity contribution in [3.05, 3.63) is 35.9 Å². The molecule has 1 aromatic carbocycles. The maximum absolute atomic E-state index is 12.3. The molecule has 1 rings (SSSR count). The highest BCUT2D eigenvalue weighted by Crippen LogP contribution is 2.21. The van der Waals surface area contributed by atoms with Crippen molar-refractivity contribution in [2.45, 2.75) is 39.3 Å². The quantitative estimate of drug-likeness (QED) is 0.870. The van der Waals surface area contributed by atoms with E-state index in [0.29, 0.717) is 0 Å². The lowest BCUT2D eigenvalue weighted by Gasteiger charge is -2.29. The van der Waals surface area contributed by atoms with Gasteiger partial charge in [-0.15, -0.1) is 0 Å². The topological polar surface area (TPSA) is 46.3 Å². The van der Waals surface area contributed by atoms with Crippen LogP contribution in [0.15, 0.2) is 30.3 Å². The van der Waals surface area contributed by atoms with E-state index >= 15 is 0 Å². The van der Waals surface area contributed by atoms with E-state index in [1.54, 1.807) is 4.90 Å². The second-order valence-electron chi connectivity index (χ2n) is 4.93. The SMILES string of the molecule is CCC(C)N(C)C(=O)C(C)C(N)c1ccccc1. The smallest absolute Gasteiger partial charge is 0.227 e. The van der Waals surface area contributed by atoms with Crippen LogP contribution in [0.5, 0.6) is 0 Å². The molecule has 0 aliphatic carbocycles. The van der Waals surface area contributed by atoms with Crippen LogP contribution < -0.4 is 5.73 Å². The summed E-state index contributed by atoms with van der Waals surface area (Å²) < 4.78 is 0. The van der Waals surface area contributed by atoms with Gasteiger partial charge >= 0.3 is 0 Å². The Labute approximate surface area is 110 Å². The fraction of sp³-hybridized carbons (Fsp3) is 0.533. The van der Waals surface area contributed by atoms with Gasteiger partial charge in [0.15, 0.2) is 0 Å². The standard InChI is InChI=1S/C15H24N2O/c1-5-11(2)17(4)15(18)12(3)14(16)13-9-7-6-8-10-13/h6-12,14H,5,16H2,1-4H3. The zero-order valence-corrected chi connectivity index (χ0v) is 11.8. The summed E-state index contributed by atoms with van der Waals surface area (Å²) in [6, 6.07) is 9.80.